The molecule has 0 unspecified atom stereocenters. The number of benzene rings is 1. The van der Waals surface area contributed by atoms with E-state index in [0.29, 0.717) is 25.9 Å². The van der Waals surface area contributed by atoms with Crippen LogP contribution in [0.25, 0.3) is 0 Å². The number of rotatable bonds is 3. The van der Waals surface area contributed by atoms with E-state index in [1.165, 1.54) is 16.0 Å². The van der Waals surface area contributed by atoms with Gasteiger partial charge in [0.2, 0.25) is 17.7 Å². The van der Waals surface area contributed by atoms with E-state index in [9.17, 15) is 14.4 Å². The number of amides is 3. The monoisotopic (exact) mass is 338 g/mol. The summed E-state index contributed by atoms with van der Waals surface area (Å²) in [5, 5.41) is 0. The second-order valence-electron chi connectivity index (χ2n) is 7.07. The number of carbonyl (C=O) groups excluding carboxylic acids is 3. The number of nitrogens with zero attached hydrogens (tertiary/aromatic N) is 2. The van der Waals surface area contributed by atoms with Gasteiger partial charge in [-0.3, -0.25) is 19.3 Å². The highest BCUT2D eigenvalue weighted by atomic mass is 16.2. The maximum atomic E-state index is 12.6. The van der Waals surface area contributed by atoms with E-state index in [2.05, 4.69) is 12.1 Å². The van der Waals surface area contributed by atoms with E-state index in [0.717, 1.165) is 6.42 Å². The summed E-state index contributed by atoms with van der Waals surface area (Å²) >= 11 is 0. The van der Waals surface area contributed by atoms with E-state index in [1.807, 2.05) is 29.2 Å². The van der Waals surface area contributed by atoms with Gasteiger partial charge in [0.15, 0.2) is 0 Å². The van der Waals surface area contributed by atoms with Crippen molar-refractivity contribution in [1.29, 1.82) is 0 Å². The van der Waals surface area contributed by atoms with Crippen molar-refractivity contribution < 1.29 is 14.4 Å². The molecule has 1 saturated heterocycles. The van der Waals surface area contributed by atoms with Crippen molar-refractivity contribution in [2.24, 2.45) is 11.8 Å². The lowest BCUT2D eigenvalue weighted by molar-refractivity contribution is -0.141. The number of fused-ring (bicyclic) bond motifs is 2. The Kier molecular flexibility index (Phi) is 4.15. The molecule has 0 saturated carbocycles. The molecule has 3 aliphatic rings. The summed E-state index contributed by atoms with van der Waals surface area (Å²) in [6.45, 7) is 1.53. The summed E-state index contributed by atoms with van der Waals surface area (Å²) in [7, 11) is 0. The van der Waals surface area contributed by atoms with Crippen molar-refractivity contribution in [2.75, 3.05) is 13.1 Å². The van der Waals surface area contributed by atoms with Crippen LogP contribution < -0.4 is 0 Å². The molecule has 0 spiro atoms. The maximum Gasteiger partial charge on any atom is 0.233 e. The van der Waals surface area contributed by atoms with Gasteiger partial charge in [0.1, 0.15) is 0 Å². The van der Waals surface area contributed by atoms with Crippen molar-refractivity contribution in [3.63, 3.8) is 0 Å². The molecule has 130 valence electrons. The zero-order chi connectivity index (χ0) is 17.4. The van der Waals surface area contributed by atoms with Crippen molar-refractivity contribution in [2.45, 2.75) is 32.2 Å². The number of allylic oxidation sites excluding steroid dienone is 2. The lowest BCUT2D eigenvalue weighted by Gasteiger charge is -2.29. The molecule has 0 radical (unpaired) electrons. The first-order chi connectivity index (χ1) is 12.1. The largest absolute Gasteiger partial charge is 0.338 e. The molecule has 1 aromatic rings. The van der Waals surface area contributed by atoms with Crippen molar-refractivity contribution in [3.05, 3.63) is 47.5 Å². The smallest absolute Gasteiger partial charge is 0.233 e. The third-order valence-corrected chi connectivity index (χ3v) is 5.63. The predicted octanol–water partition coefficient (Wildman–Crippen LogP) is 1.91. The second kappa shape index (κ2) is 6.47. The van der Waals surface area contributed by atoms with Gasteiger partial charge in [-0.1, -0.05) is 36.4 Å². The fraction of sp³-hybridized carbons (Fsp3) is 0.450. The molecule has 2 aliphatic heterocycles. The Morgan fingerprint density at radius 1 is 1.00 bits per heavy atom. The van der Waals surface area contributed by atoms with Crippen LogP contribution in [0.2, 0.25) is 0 Å². The van der Waals surface area contributed by atoms with Gasteiger partial charge in [-0.15, -0.1) is 0 Å². The second-order valence-corrected chi connectivity index (χ2v) is 7.07. The minimum atomic E-state index is -0.213. The van der Waals surface area contributed by atoms with Crippen LogP contribution in [0.5, 0.6) is 0 Å². The third-order valence-electron chi connectivity index (χ3n) is 5.63. The van der Waals surface area contributed by atoms with Gasteiger partial charge < -0.3 is 4.90 Å². The van der Waals surface area contributed by atoms with Crippen LogP contribution in [0.4, 0.5) is 0 Å². The molecule has 0 bridgehead atoms. The quantitative estimate of drug-likeness (QED) is 0.625. The van der Waals surface area contributed by atoms with E-state index in [4.69, 9.17) is 0 Å². The first kappa shape index (κ1) is 16.1. The molecule has 2 atom stereocenters. The fourth-order valence-corrected chi connectivity index (χ4v) is 4.16. The molecular formula is C20H22N2O3. The molecule has 1 aromatic carbocycles. The molecule has 0 aromatic heterocycles. The minimum Gasteiger partial charge on any atom is -0.338 e. The zero-order valence-electron chi connectivity index (χ0n) is 14.2. The zero-order valence-corrected chi connectivity index (χ0v) is 14.2. The predicted molar refractivity (Wildman–Crippen MR) is 92.3 cm³/mol. The van der Waals surface area contributed by atoms with Crippen LogP contribution in [0.1, 0.15) is 30.4 Å². The average Bonchev–Trinajstić information content (AvgIpc) is 2.90. The number of likely N-dealkylation sites (tertiary alicyclic amines) is 1. The van der Waals surface area contributed by atoms with Crippen LogP contribution >= 0.6 is 0 Å². The van der Waals surface area contributed by atoms with Crippen molar-refractivity contribution >= 4 is 17.7 Å². The fourth-order valence-electron chi connectivity index (χ4n) is 4.16. The number of hydrogen-bond donors (Lipinski definition) is 0. The molecule has 4 rings (SSSR count). The lowest BCUT2D eigenvalue weighted by Crippen LogP contribution is -2.39. The van der Waals surface area contributed by atoms with Crippen LogP contribution in [-0.2, 0) is 27.3 Å². The normalized spacial score (nSPS) is 25.1. The van der Waals surface area contributed by atoms with Crippen LogP contribution in [0.15, 0.2) is 36.4 Å². The minimum absolute atomic E-state index is 0.0168. The summed E-state index contributed by atoms with van der Waals surface area (Å²) in [6.07, 6.45) is 6.31. The van der Waals surface area contributed by atoms with Gasteiger partial charge in [0.05, 0.1) is 11.8 Å². The first-order valence-electron chi connectivity index (χ1n) is 9.00. The molecule has 1 aliphatic carbocycles. The van der Waals surface area contributed by atoms with Gasteiger partial charge in [-0.25, -0.2) is 0 Å². The first-order valence-corrected chi connectivity index (χ1v) is 9.00. The summed E-state index contributed by atoms with van der Waals surface area (Å²) in [6, 6.07) is 8.17. The van der Waals surface area contributed by atoms with Gasteiger partial charge in [0, 0.05) is 26.1 Å². The highest BCUT2D eigenvalue weighted by Gasteiger charge is 2.47. The van der Waals surface area contributed by atoms with Gasteiger partial charge in [-0.05, 0) is 30.4 Å². The Bertz CT molecular complexity index is 729. The van der Waals surface area contributed by atoms with E-state index in [1.54, 1.807) is 0 Å². The van der Waals surface area contributed by atoms with Gasteiger partial charge >= 0.3 is 0 Å². The van der Waals surface area contributed by atoms with Crippen LogP contribution in [0, 0.1) is 11.8 Å². The molecule has 0 N–H and O–H groups in total. The number of hydrogen-bond acceptors (Lipinski definition) is 3. The Balaban J connectivity index is 1.37. The molecule has 1 fully saturated rings. The molecule has 3 amide bonds. The standard InChI is InChI=1S/C20H22N2O3/c23-18(21-11-9-14-5-1-2-6-15(14)13-21)10-12-22-19(24)16-7-3-4-8-17(16)20(22)25/h1-6,16-17H,7-13H2/t16-,17+. The molecular weight excluding hydrogens is 316 g/mol. The number of carbonyl (C=O) groups is 3. The van der Waals surface area contributed by atoms with Gasteiger partial charge in [0.25, 0.3) is 0 Å². The van der Waals surface area contributed by atoms with E-state index < -0.39 is 0 Å². The SMILES string of the molecule is O=C(CCN1C(=O)[C@H]2CC=CC[C@H]2C1=O)N1CCc2ccccc2C1. The molecule has 2 heterocycles. The Labute approximate surface area is 147 Å². The van der Waals surface area contributed by atoms with E-state index >= 15 is 0 Å². The third kappa shape index (κ3) is 2.88. The Morgan fingerprint density at radius 3 is 2.32 bits per heavy atom. The van der Waals surface area contributed by atoms with Crippen LogP contribution in [-0.4, -0.2) is 40.6 Å². The summed E-state index contributed by atoms with van der Waals surface area (Å²) < 4.78 is 0. The summed E-state index contributed by atoms with van der Waals surface area (Å²) in [5.74, 6) is -0.612. The maximum absolute atomic E-state index is 12.6. The Morgan fingerprint density at radius 2 is 1.64 bits per heavy atom. The number of imide groups is 1. The van der Waals surface area contributed by atoms with Crippen molar-refractivity contribution in [3.8, 4) is 0 Å². The highest BCUT2D eigenvalue weighted by molar-refractivity contribution is 6.05. The highest BCUT2D eigenvalue weighted by Crippen LogP contribution is 2.35. The van der Waals surface area contributed by atoms with Gasteiger partial charge in [-0.2, -0.15) is 0 Å². The topological polar surface area (TPSA) is 57.7 Å². The summed E-state index contributed by atoms with van der Waals surface area (Å²) in [4.78, 5) is 40.6. The Hall–Kier alpha value is -2.43. The summed E-state index contributed by atoms with van der Waals surface area (Å²) in [5.41, 5.74) is 2.49. The molecule has 5 nitrogen and oxygen atoms in total. The molecule has 5 heteroatoms. The van der Waals surface area contributed by atoms with Crippen molar-refractivity contribution in [1.82, 2.24) is 9.80 Å². The lowest BCUT2D eigenvalue weighted by atomic mass is 9.85. The van der Waals surface area contributed by atoms with Crippen LogP contribution in [0.3, 0.4) is 0 Å². The average molecular weight is 338 g/mol. The molecule has 25 heavy (non-hydrogen) atoms. The van der Waals surface area contributed by atoms with E-state index in [-0.39, 0.29) is 42.5 Å².